The van der Waals surface area contributed by atoms with Crippen molar-refractivity contribution in [2.75, 3.05) is 20.2 Å². The Kier molecular flexibility index (Phi) is 5.59. The van der Waals surface area contributed by atoms with Gasteiger partial charge < -0.3 is 20.1 Å². The maximum absolute atomic E-state index is 11.8. The van der Waals surface area contributed by atoms with E-state index in [1.165, 1.54) is 11.9 Å². The number of nitrogens with one attached hydrogen (secondary N) is 1. The smallest absolute Gasteiger partial charge is 0.325 e. The van der Waals surface area contributed by atoms with E-state index in [1.54, 1.807) is 6.92 Å². The van der Waals surface area contributed by atoms with Crippen LogP contribution in [-0.2, 0) is 14.3 Å². The summed E-state index contributed by atoms with van der Waals surface area (Å²) < 4.78 is 4.74. The Morgan fingerprint density at radius 1 is 1.37 bits per heavy atom. The average molecular weight is 272 g/mol. The van der Waals surface area contributed by atoms with Crippen LogP contribution in [0.1, 0.15) is 26.2 Å². The molecule has 108 valence electrons. The quantitative estimate of drug-likeness (QED) is 0.708. The molecule has 1 fully saturated rings. The van der Waals surface area contributed by atoms with Crippen LogP contribution in [0.2, 0.25) is 0 Å². The third kappa shape index (κ3) is 4.76. The van der Waals surface area contributed by atoms with Crippen molar-refractivity contribution >= 4 is 18.0 Å². The Morgan fingerprint density at radius 3 is 2.58 bits per heavy atom. The number of ether oxygens (including phenoxy) is 1. The Hall–Kier alpha value is -1.79. The highest BCUT2D eigenvalue weighted by atomic mass is 16.5. The second kappa shape index (κ2) is 6.96. The Morgan fingerprint density at radius 2 is 2.05 bits per heavy atom. The number of esters is 1. The van der Waals surface area contributed by atoms with Gasteiger partial charge in [-0.15, -0.1) is 0 Å². The van der Waals surface area contributed by atoms with E-state index >= 15 is 0 Å². The van der Waals surface area contributed by atoms with E-state index in [9.17, 15) is 14.4 Å². The van der Waals surface area contributed by atoms with Crippen LogP contribution in [0.25, 0.3) is 0 Å². The monoisotopic (exact) mass is 272 g/mol. The first-order chi connectivity index (χ1) is 8.93. The molecule has 2 atom stereocenters. The first kappa shape index (κ1) is 15.3. The first-order valence-electron chi connectivity index (χ1n) is 6.34. The lowest BCUT2D eigenvalue weighted by Crippen LogP contribution is -2.44. The van der Waals surface area contributed by atoms with Crippen LogP contribution in [0.3, 0.4) is 0 Å². The Labute approximate surface area is 111 Å². The predicted molar refractivity (Wildman–Crippen MR) is 66.6 cm³/mol. The number of nitrogens with zero attached hydrogens (tertiary/aromatic N) is 1. The molecular formula is C12H20N2O5. The van der Waals surface area contributed by atoms with Gasteiger partial charge in [-0.3, -0.25) is 9.59 Å². The normalized spacial score (nSPS) is 21.8. The van der Waals surface area contributed by atoms with Gasteiger partial charge in [0.15, 0.2) is 0 Å². The average Bonchev–Trinajstić information content (AvgIpc) is 2.77. The van der Waals surface area contributed by atoms with Gasteiger partial charge in [-0.2, -0.15) is 0 Å². The number of rotatable bonds is 5. The molecule has 0 unspecified atom stereocenters. The van der Waals surface area contributed by atoms with Crippen molar-refractivity contribution in [2.24, 2.45) is 5.92 Å². The molecule has 1 aliphatic carbocycles. The summed E-state index contributed by atoms with van der Waals surface area (Å²) in [6.07, 6.45) is 1.66. The minimum absolute atomic E-state index is 0.116. The number of hydrogen-bond donors (Lipinski definition) is 2. The SMILES string of the molecule is CCOC(=O)CN(C)C(=O)N[C@H]1CC[C@@H](C(=O)O)C1. The van der Waals surface area contributed by atoms with Gasteiger partial charge in [0.05, 0.1) is 12.5 Å². The molecule has 0 heterocycles. The van der Waals surface area contributed by atoms with E-state index in [-0.39, 0.29) is 31.1 Å². The molecule has 1 rings (SSSR count). The minimum Gasteiger partial charge on any atom is -0.481 e. The van der Waals surface area contributed by atoms with Crippen molar-refractivity contribution in [1.29, 1.82) is 0 Å². The van der Waals surface area contributed by atoms with Crippen molar-refractivity contribution in [3.05, 3.63) is 0 Å². The number of hydrogen-bond acceptors (Lipinski definition) is 4. The number of carboxylic acids is 1. The first-order valence-corrected chi connectivity index (χ1v) is 6.34. The van der Waals surface area contributed by atoms with Crippen molar-refractivity contribution in [1.82, 2.24) is 10.2 Å². The number of urea groups is 1. The molecule has 0 spiro atoms. The molecule has 2 amide bonds. The molecule has 0 saturated heterocycles. The number of amides is 2. The lowest BCUT2D eigenvalue weighted by atomic mass is 10.1. The number of aliphatic carboxylic acids is 1. The van der Waals surface area contributed by atoms with E-state index in [1.807, 2.05) is 0 Å². The molecule has 7 nitrogen and oxygen atoms in total. The fourth-order valence-corrected chi connectivity index (χ4v) is 2.09. The van der Waals surface area contributed by atoms with Crippen LogP contribution in [0.5, 0.6) is 0 Å². The number of likely N-dealkylation sites (N-methyl/N-ethyl adjacent to an activating group) is 1. The van der Waals surface area contributed by atoms with E-state index in [2.05, 4.69) is 5.32 Å². The zero-order valence-corrected chi connectivity index (χ0v) is 11.2. The van der Waals surface area contributed by atoms with Crippen LogP contribution in [0.15, 0.2) is 0 Å². The van der Waals surface area contributed by atoms with Crippen LogP contribution < -0.4 is 5.32 Å². The van der Waals surface area contributed by atoms with Crippen LogP contribution in [0.4, 0.5) is 4.79 Å². The molecule has 0 aromatic rings. The predicted octanol–water partition coefficient (Wildman–Crippen LogP) is 0.444. The van der Waals surface area contributed by atoms with Gasteiger partial charge >= 0.3 is 18.0 Å². The maximum atomic E-state index is 11.8. The second-order valence-electron chi connectivity index (χ2n) is 4.66. The molecule has 0 aliphatic heterocycles. The van der Waals surface area contributed by atoms with E-state index in [4.69, 9.17) is 9.84 Å². The Bertz CT molecular complexity index is 358. The second-order valence-corrected chi connectivity index (χ2v) is 4.66. The number of carbonyl (C=O) groups excluding carboxylic acids is 2. The summed E-state index contributed by atoms with van der Waals surface area (Å²) in [5, 5.41) is 11.6. The van der Waals surface area contributed by atoms with Crippen molar-refractivity contribution in [2.45, 2.75) is 32.2 Å². The van der Waals surface area contributed by atoms with Crippen molar-refractivity contribution < 1.29 is 24.2 Å². The standard InChI is InChI=1S/C12H20N2O5/c1-3-19-10(15)7-14(2)12(18)13-9-5-4-8(6-9)11(16)17/h8-9H,3-7H2,1-2H3,(H,13,18)(H,16,17)/t8-,9+/m1/s1. The summed E-state index contributed by atoms with van der Waals surface area (Å²) in [6, 6.07) is -0.526. The highest BCUT2D eigenvalue weighted by molar-refractivity contribution is 5.81. The minimum atomic E-state index is -0.823. The molecule has 0 radical (unpaired) electrons. The lowest BCUT2D eigenvalue weighted by Gasteiger charge is -2.20. The van der Waals surface area contributed by atoms with Gasteiger partial charge in [0, 0.05) is 13.1 Å². The zero-order valence-electron chi connectivity index (χ0n) is 11.2. The number of carboxylic acid groups (broad SMARTS) is 1. The summed E-state index contributed by atoms with van der Waals surface area (Å²) >= 11 is 0. The van der Waals surface area contributed by atoms with Crippen LogP contribution in [-0.4, -0.2) is 54.2 Å². The van der Waals surface area contributed by atoms with Gasteiger partial charge in [0.1, 0.15) is 6.54 Å². The third-order valence-electron chi connectivity index (χ3n) is 3.13. The molecule has 0 aromatic heterocycles. The van der Waals surface area contributed by atoms with Gasteiger partial charge in [0.25, 0.3) is 0 Å². The van der Waals surface area contributed by atoms with Crippen LogP contribution >= 0.6 is 0 Å². The molecule has 1 saturated carbocycles. The molecule has 7 heteroatoms. The molecular weight excluding hydrogens is 252 g/mol. The molecule has 2 N–H and O–H groups in total. The summed E-state index contributed by atoms with van der Waals surface area (Å²) in [7, 11) is 1.50. The number of carbonyl (C=O) groups is 3. The fourth-order valence-electron chi connectivity index (χ4n) is 2.09. The topological polar surface area (TPSA) is 95.9 Å². The summed E-state index contributed by atoms with van der Waals surface area (Å²) in [6.45, 7) is 1.86. The third-order valence-corrected chi connectivity index (χ3v) is 3.13. The van der Waals surface area contributed by atoms with Crippen molar-refractivity contribution in [3.8, 4) is 0 Å². The molecule has 0 bridgehead atoms. The largest absolute Gasteiger partial charge is 0.481 e. The van der Waals surface area contributed by atoms with Crippen LogP contribution in [0, 0.1) is 5.92 Å². The zero-order chi connectivity index (χ0) is 14.4. The highest BCUT2D eigenvalue weighted by Crippen LogP contribution is 2.25. The van der Waals surface area contributed by atoms with E-state index < -0.39 is 11.9 Å². The summed E-state index contributed by atoms with van der Waals surface area (Å²) in [4.78, 5) is 35.0. The molecule has 19 heavy (non-hydrogen) atoms. The van der Waals surface area contributed by atoms with Crippen molar-refractivity contribution in [3.63, 3.8) is 0 Å². The van der Waals surface area contributed by atoms with Gasteiger partial charge in [-0.05, 0) is 26.2 Å². The molecule has 0 aromatic carbocycles. The summed E-state index contributed by atoms with van der Waals surface area (Å²) in [5.74, 6) is -1.67. The van der Waals surface area contributed by atoms with Gasteiger partial charge in [0.2, 0.25) is 0 Å². The van der Waals surface area contributed by atoms with E-state index in [0.29, 0.717) is 19.3 Å². The molecule has 1 aliphatic rings. The maximum Gasteiger partial charge on any atom is 0.325 e. The summed E-state index contributed by atoms with van der Waals surface area (Å²) in [5.41, 5.74) is 0. The Balaban J connectivity index is 2.35. The van der Waals surface area contributed by atoms with E-state index in [0.717, 1.165) is 0 Å². The highest BCUT2D eigenvalue weighted by Gasteiger charge is 2.31. The lowest BCUT2D eigenvalue weighted by molar-refractivity contribution is -0.143. The van der Waals surface area contributed by atoms with Gasteiger partial charge in [-0.25, -0.2) is 4.79 Å². The fraction of sp³-hybridized carbons (Fsp3) is 0.750. The van der Waals surface area contributed by atoms with Gasteiger partial charge in [-0.1, -0.05) is 0 Å².